The number of hydrogen-bond donors (Lipinski definition) is 0. The summed E-state index contributed by atoms with van der Waals surface area (Å²) in [6.07, 6.45) is 1.76. The zero-order chi connectivity index (χ0) is 9.84. The van der Waals surface area contributed by atoms with Gasteiger partial charge in [0.15, 0.2) is 0 Å². The summed E-state index contributed by atoms with van der Waals surface area (Å²) in [5, 5.41) is 0. The lowest BCUT2D eigenvalue weighted by molar-refractivity contribution is 0.748. The lowest BCUT2D eigenvalue weighted by atomic mass is 10.3. The van der Waals surface area contributed by atoms with Gasteiger partial charge in [-0.3, -0.25) is 4.79 Å². The van der Waals surface area contributed by atoms with Gasteiger partial charge in [0.2, 0.25) is 0 Å². The molecule has 0 radical (unpaired) electrons. The molecule has 1 aromatic heterocycles. The Hall–Kier alpha value is -1.02. The molecule has 0 saturated carbocycles. The number of aromatic nitrogens is 1. The van der Waals surface area contributed by atoms with Crippen LogP contribution in [0.15, 0.2) is 35.3 Å². The molecule has 0 saturated heterocycles. The standard InChI is InChI=1S/C10H12ClNO/c1-8-3-4-12(10(13)5-8)7-9(2)6-11/h3-5H,2,6-7H2,1H3. The molecule has 1 rings (SSSR count). The van der Waals surface area contributed by atoms with Crippen molar-refractivity contribution in [1.82, 2.24) is 4.57 Å². The largest absolute Gasteiger partial charge is 0.311 e. The molecule has 2 nitrogen and oxygen atoms in total. The van der Waals surface area contributed by atoms with Gasteiger partial charge in [0, 0.05) is 24.7 Å². The maximum Gasteiger partial charge on any atom is 0.251 e. The predicted molar refractivity (Wildman–Crippen MR) is 55.3 cm³/mol. The molecule has 0 aliphatic heterocycles. The van der Waals surface area contributed by atoms with Crippen molar-refractivity contribution in [2.24, 2.45) is 0 Å². The fraction of sp³-hybridized carbons (Fsp3) is 0.300. The summed E-state index contributed by atoms with van der Waals surface area (Å²) in [7, 11) is 0. The van der Waals surface area contributed by atoms with Gasteiger partial charge in [-0.05, 0) is 24.1 Å². The first-order valence-electron chi connectivity index (χ1n) is 4.03. The van der Waals surface area contributed by atoms with Crippen molar-refractivity contribution in [3.63, 3.8) is 0 Å². The van der Waals surface area contributed by atoms with Crippen LogP contribution in [0.1, 0.15) is 5.56 Å². The maximum atomic E-state index is 11.4. The minimum absolute atomic E-state index is 0.00809. The second-order valence-electron chi connectivity index (χ2n) is 3.05. The highest BCUT2D eigenvalue weighted by molar-refractivity contribution is 6.19. The van der Waals surface area contributed by atoms with E-state index in [0.717, 1.165) is 11.1 Å². The van der Waals surface area contributed by atoms with E-state index in [-0.39, 0.29) is 5.56 Å². The zero-order valence-electron chi connectivity index (χ0n) is 7.59. The van der Waals surface area contributed by atoms with Crippen LogP contribution in [-0.2, 0) is 6.54 Å². The normalized spacial score (nSPS) is 10.0. The molecule has 1 heterocycles. The van der Waals surface area contributed by atoms with Gasteiger partial charge in [-0.2, -0.15) is 0 Å². The van der Waals surface area contributed by atoms with E-state index in [0.29, 0.717) is 12.4 Å². The van der Waals surface area contributed by atoms with E-state index >= 15 is 0 Å². The quantitative estimate of drug-likeness (QED) is 0.536. The van der Waals surface area contributed by atoms with Crippen LogP contribution in [0.5, 0.6) is 0 Å². The van der Waals surface area contributed by atoms with Crippen LogP contribution >= 0.6 is 11.6 Å². The third-order valence-electron chi connectivity index (χ3n) is 1.73. The molecule has 0 spiro atoms. The highest BCUT2D eigenvalue weighted by atomic mass is 35.5. The molecule has 0 unspecified atom stereocenters. The summed E-state index contributed by atoms with van der Waals surface area (Å²) in [6, 6.07) is 3.49. The molecule has 3 heteroatoms. The van der Waals surface area contributed by atoms with Crippen LogP contribution in [0.3, 0.4) is 0 Å². The molecule has 0 N–H and O–H groups in total. The average Bonchev–Trinajstić information content (AvgIpc) is 2.09. The Morgan fingerprint density at radius 3 is 2.92 bits per heavy atom. The van der Waals surface area contributed by atoms with Crippen LogP contribution in [0, 0.1) is 6.92 Å². The number of nitrogens with zero attached hydrogens (tertiary/aromatic N) is 1. The number of halogens is 1. The van der Waals surface area contributed by atoms with Gasteiger partial charge in [-0.15, -0.1) is 11.6 Å². The molecule has 0 bridgehead atoms. The Balaban J connectivity index is 2.90. The van der Waals surface area contributed by atoms with E-state index in [9.17, 15) is 4.79 Å². The van der Waals surface area contributed by atoms with Crippen molar-refractivity contribution >= 4 is 11.6 Å². The molecule has 0 amide bonds. The summed E-state index contributed by atoms with van der Waals surface area (Å²) in [5.74, 6) is 0.389. The second-order valence-corrected chi connectivity index (χ2v) is 3.32. The molecule has 0 fully saturated rings. The number of allylic oxidation sites excluding steroid dienone is 1. The van der Waals surface area contributed by atoms with Gasteiger partial charge in [0.05, 0.1) is 0 Å². The predicted octanol–water partition coefficient (Wildman–Crippen LogP) is 1.95. The summed E-state index contributed by atoms with van der Waals surface area (Å²) in [5.41, 5.74) is 1.80. The lowest BCUT2D eigenvalue weighted by Crippen LogP contribution is -2.19. The van der Waals surface area contributed by atoms with Crippen molar-refractivity contribution in [3.8, 4) is 0 Å². The van der Waals surface area contributed by atoms with E-state index in [1.165, 1.54) is 0 Å². The van der Waals surface area contributed by atoms with Gasteiger partial charge in [-0.25, -0.2) is 0 Å². The number of aryl methyl sites for hydroxylation is 1. The Morgan fingerprint density at radius 2 is 2.38 bits per heavy atom. The smallest absolute Gasteiger partial charge is 0.251 e. The summed E-state index contributed by atoms with van der Waals surface area (Å²) < 4.78 is 1.59. The van der Waals surface area contributed by atoms with Gasteiger partial charge in [0.1, 0.15) is 0 Å². The van der Waals surface area contributed by atoms with Gasteiger partial charge >= 0.3 is 0 Å². The van der Waals surface area contributed by atoms with Crippen LogP contribution in [0.2, 0.25) is 0 Å². The SMILES string of the molecule is C=C(CCl)Cn1ccc(C)cc1=O. The minimum atomic E-state index is -0.00809. The number of pyridine rings is 1. The van der Waals surface area contributed by atoms with E-state index < -0.39 is 0 Å². The number of rotatable bonds is 3. The number of alkyl halides is 1. The van der Waals surface area contributed by atoms with Gasteiger partial charge in [-0.1, -0.05) is 6.58 Å². The third-order valence-corrected chi connectivity index (χ3v) is 2.11. The Morgan fingerprint density at radius 1 is 1.69 bits per heavy atom. The summed E-state index contributed by atoms with van der Waals surface area (Å²) in [4.78, 5) is 11.4. The van der Waals surface area contributed by atoms with Crippen LogP contribution in [0.4, 0.5) is 0 Å². The molecule has 0 aliphatic rings. The van der Waals surface area contributed by atoms with E-state index in [1.54, 1.807) is 16.8 Å². The molecule has 0 atom stereocenters. The first-order chi connectivity index (χ1) is 6.13. The van der Waals surface area contributed by atoms with E-state index in [2.05, 4.69) is 6.58 Å². The third kappa shape index (κ3) is 2.74. The van der Waals surface area contributed by atoms with E-state index in [4.69, 9.17) is 11.6 Å². The van der Waals surface area contributed by atoms with Crippen LogP contribution in [0.25, 0.3) is 0 Å². The molecule has 0 aliphatic carbocycles. The van der Waals surface area contributed by atoms with Crippen LogP contribution in [-0.4, -0.2) is 10.4 Å². The number of hydrogen-bond acceptors (Lipinski definition) is 1. The summed E-state index contributed by atoms with van der Waals surface area (Å²) in [6.45, 7) is 6.13. The monoisotopic (exact) mass is 197 g/mol. The van der Waals surface area contributed by atoms with Crippen molar-refractivity contribution in [2.75, 3.05) is 5.88 Å². The molecule has 1 aromatic rings. The molecular formula is C10H12ClNO. The maximum absolute atomic E-state index is 11.4. The molecular weight excluding hydrogens is 186 g/mol. The summed E-state index contributed by atoms with van der Waals surface area (Å²) >= 11 is 5.57. The molecule has 70 valence electrons. The van der Waals surface area contributed by atoms with Gasteiger partial charge in [0.25, 0.3) is 5.56 Å². The van der Waals surface area contributed by atoms with Crippen molar-refractivity contribution in [3.05, 3.63) is 46.4 Å². The Labute approximate surface area is 82.5 Å². The average molecular weight is 198 g/mol. The van der Waals surface area contributed by atoms with E-state index in [1.807, 2.05) is 13.0 Å². The fourth-order valence-electron chi connectivity index (χ4n) is 1.02. The topological polar surface area (TPSA) is 22.0 Å². The Kier molecular flexibility index (Phi) is 3.32. The van der Waals surface area contributed by atoms with Gasteiger partial charge < -0.3 is 4.57 Å². The van der Waals surface area contributed by atoms with Crippen molar-refractivity contribution < 1.29 is 0 Å². The Bertz CT molecular complexity index is 367. The first kappa shape index (κ1) is 10.1. The van der Waals surface area contributed by atoms with Crippen molar-refractivity contribution in [1.29, 1.82) is 0 Å². The molecule has 13 heavy (non-hydrogen) atoms. The van der Waals surface area contributed by atoms with Crippen molar-refractivity contribution in [2.45, 2.75) is 13.5 Å². The highest BCUT2D eigenvalue weighted by Crippen LogP contribution is 1.98. The first-order valence-corrected chi connectivity index (χ1v) is 4.56. The molecule has 0 aromatic carbocycles. The van der Waals surface area contributed by atoms with Crippen LogP contribution < -0.4 is 5.56 Å². The highest BCUT2D eigenvalue weighted by Gasteiger charge is 1.97. The zero-order valence-corrected chi connectivity index (χ0v) is 8.34. The second kappa shape index (κ2) is 4.28. The fourth-order valence-corrected chi connectivity index (χ4v) is 1.11. The minimum Gasteiger partial charge on any atom is -0.311 e. The lowest BCUT2D eigenvalue weighted by Gasteiger charge is -2.05.